The Balaban J connectivity index is 1.53. The van der Waals surface area contributed by atoms with Crippen LogP contribution in [0.4, 0.5) is 11.5 Å². The number of aromatic nitrogens is 2. The molecule has 8 heteroatoms. The van der Waals surface area contributed by atoms with Crippen molar-refractivity contribution in [1.82, 2.24) is 9.97 Å². The number of amides is 2. The molecule has 4 rings (SSSR count). The van der Waals surface area contributed by atoms with Gasteiger partial charge in [-0.05, 0) is 75.9 Å². The molecule has 1 aliphatic rings. The molecule has 1 N–H and O–H groups in total. The molecule has 0 saturated heterocycles. The van der Waals surface area contributed by atoms with Crippen LogP contribution in [0.2, 0.25) is 0 Å². The molecule has 0 bridgehead atoms. The van der Waals surface area contributed by atoms with E-state index in [2.05, 4.69) is 15.3 Å². The molecule has 0 spiro atoms. The third-order valence-corrected chi connectivity index (χ3v) is 5.44. The Morgan fingerprint density at radius 3 is 2.34 bits per heavy atom. The number of rotatable bonds is 9. The quantitative estimate of drug-likeness (QED) is 0.448. The minimum absolute atomic E-state index is 0.0259. The molecule has 1 aromatic heterocycles. The lowest BCUT2D eigenvalue weighted by atomic mass is 10.2. The molecule has 0 radical (unpaired) electrons. The summed E-state index contributed by atoms with van der Waals surface area (Å²) < 4.78 is 11.9. The maximum atomic E-state index is 12.9. The molecule has 2 aromatic carbocycles. The summed E-state index contributed by atoms with van der Waals surface area (Å²) in [4.78, 5) is 35.1. The molecule has 182 valence electrons. The van der Waals surface area contributed by atoms with Crippen molar-refractivity contribution in [2.24, 2.45) is 5.92 Å². The van der Waals surface area contributed by atoms with Crippen molar-refractivity contribution in [3.05, 3.63) is 66.1 Å². The highest BCUT2D eigenvalue weighted by molar-refractivity contribution is 6.04. The third kappa shape index (κ3) is 6.79. The van der Waals surface area contributed by atoms with E-state index in [1.807, 2.05) is 45.0 Å². The van der Waals surface area contributed by atoms with Gasteiger partial charge in [0.15, 0.2) is 5.82 Å². The standard InChI is InChI=1S/C27H30N4O4/c1-17(2)34-24-11-21(27(33)30-26-15-28-18(3)14-29-26)12-25(13-24)35-23-9-7-22(8-10-23)31(19(4)32)16-20-5-6-20/h7-15,17,20H,5-6,16H2,1-4H3,(H,29,30,33). The summed E-state index contributed by atoms with van der Waals surface area (Å²) in [5.74, 6) is 2.18. The number of hydrogen-bond donors (Lipinski definition) is 1. The summed E-state index contributed by atoms with van der Waals surface area (Å²) in [5, 5.41) is 2.75. The van der Waals surface area contributed by atoms with Crippen LogP contribution in [0.5, 0.6) is 17.2 Å². The topological polar surface area (TPSA) is 93.7 Å². The fourth-order valence-corrected chi connectivity index (χ4v) is 3.55. The van der Waals surface area contributed by atoms with Gasteiger partial charge in [-0.2, -0.15) is 0 Å². The van der Waals surface area contributed by atoms with Gasteiger partial charge in [-0.25, -0.2) is 4.98 Å². The van der Waals surface area contributed by atoms with Crippen molar-refractivity contribution >= 4 is 23.3 Å². The summed E-state index contributed by atoms with van der Waals surface area (Å²) in [7, 11) is 0. The summed E-state index contributed by atoms with van der Waals surface area (Å²) in [6.45, 7) is 7.98. The van der Waals surface area contributed by atoms with Crippen molar-refractivity contribution in [2.45, 2.75) is 46.6 Å². The van der Waals surface area contributed by atoms with Crippen LogP contribution in [-0.2, 0) is 4.79 Å². The van der Waals surface area contributed by atoms with E-state index in [1.165, 1.54) is 19.0 Å². The number of carbonyl (C=O) groups is 2. The molecule has 8 nitrogen and oxygen atoms in total. The van der Waals surface area contributed by atoms with Crippen LogP contribution in [0, 0.1) is 12.8 Å². The summed E-state index contributed by atoms with van der Waals surface area (Å²) >= 11 is 0. The highest BCUT2D eigenvalue weighted by atomic mass is 16.5. The molecule has 1 saturated carbocycles. The first kappa shape index (κ1) is 24.2. The van der Waals surface area contributed by atoms with E-state index in [1.54, 1.807) is 36.2 Å². The van der Waals surface area contributed by atoms with E-state index < -0.39 is 0 Å². The van der Waals surface area contributed by atoms with Crippen LogP contribution < -0.4 is 19.7 Å². The molecule has 2 amide bonds. The van der Waals surface area contributed by atoms with Gasteiger partial charge in [0.25, 0.3) is 5.91 Å². The molecular formula is C27H30N4O4. The maximum Gasteiger partial charge on any atom is 0.257 e. The number of ether oxygens (including phenoxy) is 2. The van der Waals surface area contributed by atoms with Gasteiger partial charge in [-0.15, -0.1) is 0 Å². The first-order valence-electron chi connectivity index (χ1n) is 11.7. The minimum Gasteiger partial charge on any atom is -0.491 e. The van der Waals surface area contributed by atoms with Gasteiger partial charge in [0.05, 0.1) is 24.2 Å². The van der Waals surface area contributed by atoms with Gasteiger partial charge in [0, 0.05) is 30.8 Å². The molecule has 0 atom stereocenters. The van der Waals surface area contributed by atoms with Crippen LogP contribution in [0.1, 0.15) is 49.7 Å². The second-order valence-electron chi connectivity index (χ2n) is 9.03. The molecule has 35 heavy (non-hydrogen) atoms. The SMILES string of the molecule is CC(=O)N(CC1CC1)c1ccc(Oc2cc(OC(C)C)cc(C(=O)Nc3cnc(C)cn3)c2)cc1. The Hall–Kier alpha value is -3.94. The number of carbonyl (C=O) groups excluding carboxylic acids is 2. The summed E-state index contributed by atoms with van der Waals surface area (Å²) in [6, 6.07) is 12.4. The number of benzene rings is 2. The number of nitrogens with one attached hydrogen (secondary N) is 1. The van der Waals surface area contributed by atoms with E-state index in [-0.39, 0.29) is 17.9 Å². The average molecular weight is 475 g/mol. The Bertz CT molecular complexity index is 1190. The zero-order chi connectivity index (χ0) is 24.9. The van der Waals surface area contributed by atoms with E-state index >= 15 is 0 Å². The predicted molar refractivity (Wildman–Crippen MR) is 134 cm³/mol. The van der Waals surface area contributed by atoms with Gasteiger partial charge in [-0.3, -0.25) is 14.6 Å². The fourth-order valence-electron chi connectivity index (χ4n) is 3.55. The Morgan fingerprint density at radius 2 is 1.74 bits per heavy atom. The number of nitrogens with zero attached hydrogens (tertiary/aromatic N) is 3. The van der Waals surface area contributed by atoms with E-state index in [0.29, 0.717) is 34.5 Å². The van der Waals surface area contributed by atoms with E-state index in [9.17, 15) is 9.59 Å². The first-order valence-corrected chi connectivity index (χ1v) is 11.7. The number of anilines is 2. The molecule has 1 aliphatic carbocycles. The second-order valence-corrected chi connectivity index (χ2v) is 9.03. The highest BCUT2D eigenvalue weighted by Gasteiger charge is 2.26. The third-order valence-electron chi connectivity index (χ3n) is 5.44. The van der Waals surface area contributed by atoms with Crippen LogP contribution in [0.15, 0.2) is 54.9 Å². The van der Waals surface area contributed by atoms with E-state index in [4.69, 9.17) is 9.47 Å². The minimum atomic E-state index is -0.352. The van der Waals surface area contributed by atoms with Crippen molar-refractivity contribution in [3.63, 3.8) is 0 Å². The van der Waals surface area contributed by atoms with Crippen molar-refractivity contribution in [1.29, 1.82) is 0 Å². The molecule has 3 aromatic rings. The zero-order valence-corrected chi connectivity index (χ0v) is 20.4. The first-order chi connectivity index (χ1) is 16.8. The van der Waals surface area contributed by atoms with Crippen LogP contribution in [0.3, 0.4) is 0 Å². The Labute approximate surface area is 205 Å². The monoisotopic (exact) mass is 474 g/mol. The van der Waals surface area contributed by atoms with Gasteiger partial charge < -0.3 is 19.7 Å². The van der Waals surface area contributed by atoms with Gasteiger partial charge in [0.1, 0.15) is 17.2 Å². The lowest BCUT2D eigenvalue weighted by Crippen LogP contribution is -2.30. The molecule has 1 fully saturated rings. The second kappa shape index (κ2) is 10.5. The Morgan fingerprint density at radius 1 is 1.03 bits per heavy atom. The van der Waals surface area contributed by atoms with Crippen molar-refractivity contribution in [2.75, 3.05) is 16.8 Å². The summed E-state index contributed by atoms with van der Waals surface area (Å²) in [5.41, 5.74) is 1.97. The van der Waals surface area contributed by atoms with Crippen LogP contribution in [-0.4, -0.2) is 34.4 Å². The van der Waals surface area contributed by atoms with Gasteiger partial charge in [0.2, 0.25) is 5.91 Å². The normalized spacial score (nSPS) is 12.8. The smallest absolute Gasteiger partial charge is 0.257 e. The average Bonchev–Trinajstić information content (AvgIpc) is 3.63. The molecule has 0 aliphatic heterocycles. The van der Waals surface area contributed by atoms with Crippen LogP contribution in [0.25, 0.3) is 0 Å². The predicted octanol–water partition coefficient (Wildman–Crippen LogP) is 5.38. The van der Waals surface area contributed by atoms with Gasteiger partial charge >= 0.3 is 0 Å². The molecular weight excluding hydrogens is 444 g/mol. The lowest BCUT2D eigenvalue weighted by Gasteiger charge is -2.21. The lowest BCUT2D eigenvalue weighted by molar-refractivity contribution is -0.116. The largest absolute Gasteiger partial charge is 0.491 e. The van der Waals surface area contributed by atoms with E-state index in [0.717, 1.165) is 17.9 Å². The summed E-state index contributed by atoms with van der Waals surface area (Å²) in [6.07, 6.45) is 5.36. The fraction of sp³-hybridized carbons (Fsp3) is 0.333. The molecule has 1 heterocycles. The number of hydrogen-bond acceptors (Lipinski definition) is 6. The zero-order valence-electron chi connectivity index (χ0n) is 20.4. The van der Waals surface area contributed by atoms with Gasteiger partial charge in [-0.1, -0.05) is 0 Å². The highest BCUT2D eigenvalue weighted by Crippen LogP contribution is 2.33. The van der Waals surface area contributed by atoms with Crippen molar-refractivity contribution in [3.8, 4) is 17.2 Å². The Kier molecular flexibility index (Phi) is 7.29. The van der Waals surface area contributed by atoms with Crippen LogP contribution >= 0.6 is 0 Å². The number of aryl methyl sites for hydroxylation is 1. The van der Waals surface area contributed by atoms with Crippen molar-refractivity contribution < 1.29 is 19.1 Å². The maximum absolute atomic E-state index is 12.9. The molecule has 0 unspecified atom stereocenters.